The summed E-state index contributed by atoms with van der Waals surface area (Å²) in [6, 6.07) is 21.1. The number of aliphatic hydroxyl groups excluding tert-OH is 1. The van der Waals surface area contributed by atoms with Crippen LogP contribution in [0.1, 0.15) is 21.5 Å². The second kappa shape index (κ2) is 10.7. The molecule has 0 aliphatic carbocycles. The third kappa shape index (κ3) is 5.63. The normalized spacial score (nSPS) is 20.2. The van der Waals surface area contributed by atoms with Crippen molar-refractivity contribution >= 4 is 5.91 Å². The number of carbonyl (C=O) groups is 1. The van der Waals surface area contributed by atoms with Crippen LogP contribution in [0.3, 0.4) is 0 Å². The van der Waals surface area contributed by atoms with E-state index in [0.717, 1.165) is 0 Å². The summed E-state index contributed by atoms with van der Waals surface area (Å²) in [4.78, 5) is 14.2. The lowest BCUT2D eigenvalue weighted by Crippen LogP contribution is -2.46. The highest BCUT2D eigenvalue weighted by atomic mass is 19.1. The maximum Gasteiger partial charge on any atom is 0.251 e. The van der Waals surface area contributed by atoms with Gasteiger partial charge in [0.15, 0.2) is 0 Å². The van der Waals surface area contributed by atoms with Gasteiger partial charge in [0.1, 0.15) is 17.7 Å². The van der Waals surface area contributed by atoms with Gasteiger partial charge in [-0.05, 0) is 24.3 Å². The Morgan fingerprint density at radius 3 is 2.03 bits per heavy atom. The van der Waals surface area contributed by atoms with Crippen molar-refractivity contribution in [1.82, 2.24) is 10.2 Å². The lowest BCUT2D eigenvalue weighted by atomic mass is 10.0. The lowest BCUT2D eigenvalue weighted by molar-refractivity contribution is 0.0297. The van der Waals surface area contributed by atoms with Gasteiger partial charge in [-0.3, -0.25) is 9.69 Å². The predicted molar refractivity (Wildman–Crippen MR) is 120 cm³/mol. The predicted octanol–water partition coefficient (Wildman–Crippen LogP) is 3.53. The first kappa shape index (κ1) is 23.0. The molecular weight excluding hydrogens is 426 g/mol. The van der Waals surface area contributed by atoms with E-state index in [1.165, 1.54) is 12.1 Å². The molecule has 1 amide bonds. The number of halogens is 2. The molecule has 3 atom stereocenters. The molecular formula is C26H26F2N2O3. The first-order chi connectivity index (χ1) is 16.0. The highest BCUT2D eigenvalue weighted by Crippen LogP contribution is 2.25. The Bertz CT molecular complexity index is 1030. The van der Waals surface area contributed by atoms with Crippen molar-refractivity contribution in [2.75, 3.05) is 13.2 Å². The quantitative estimate of drug-likeness (QED) is 0.549. The number of nitrogens with one attached hydrogen (secondary N) is 1. The van der Waals surface area contributed by atoms with Crippen LogP contribution in [0, 0.1) is 11.6 Å². The van der Waals surface area contributed by atoms with E-state index < -0.39 is 18.2 Å². The van der Waals surface area contributed by atoms with E-state index in [1.54, 1.807) is 60.7 Å². The monoisotopic (exact) mass is 452 g/mol. The molecule has 7 heteroatoms. The summed E-state index contributed by atoms with van der Waals surface area (Å²) >= 11 is 0. The van der Waals surface area contributed by atoms with E-state index >= 15 is 0 Å². The fourth-order valence-electron chi connectivity index (χ4n) is 4.03. The number of amides is 1. The van der Waals surface area contributed by atoms with Gasteiger partial charge in [0.25, 0.3) is 5.91 Å². The molecule has 0 unspecified atom stereocenters. The largest absolute Gasteiger partial charge is 0.389 e. The zero-order valence-electron chi connectivity index (χ0n) is 18.0. The smallest absolute Gasteiger partial charge is 0.251 e. The van der Waals surface area contributed by atoms with Crippen LogP contribution in [0.4, 0.5) is 8.78 Å². The van der Waals surface area contributed by atoms with Crippen LogP contribution >= 0.6 is 0 Å². The fraction of sp³-hybridized carbons (Fsp3) is 0.269. The average molecular weight is 453 g/mol. The molecule has 2 N–H and O–H groups in total. The van der Waals surface area contributed by atoms with E-state index in [1.807, 2.05) is 11.0 Å². The Labute approximate surface area is 191 Å². The molecule has 5 nitrogen and oxygen atoms in total. The Morgan fingerprint density at radius 1 is 0.909 bits per heavy atom. The van der Waals surface area contributed by atoms with Gasteiger partial charge < -0.3 is 15.2 Å². The standard InChI is InChI=1S/C26H26F2N2O3/c27-21-12-6-4-10-19(21)15-30(16-20-11-5-7-13-22(20)28)23-17-33-24(25(23)31)14-29-26(32)18-8-2-1-3-9-18/h1-13,23-25,31H,14-17H2,(H,29,32)/t23-,24-,25+/m1/s1. The highest BCUT2D eigenvalue weighted by molar-refractivity contribution is 5.94. The molecule has 0 aromatic heterocycles. The number of aliphatic hydroxyl groups is 1. The number of hydrogen-bond acceptors (Lipinski definition) is 4. The summed E-state index contributed by atoms with van der Waals surface area (Å²) in [6.45, 7) is 0.652. The molecule has 33 heavy (non-hydrogen) atoms. The lowest BCUT2D eigenvalue weighted by Gasteiger charge is -2.31. The van der Waals surface area contributed by atoms with E-state index in [4.69, 9.17) is 4.74 Å². The van der Waals surface area contributed by atoms with E-state index in [9.17, 15) is 18.7 Å². The third-order valence-electron chi connectivity index (χ3n) is 5.89. The van der Waals surface area contributed by atoms with Gasteiger partial charge in [0.2, 0.25) is 0 Å². The molecule has 1 fully saturated rings. The minimum absolute atomic E-state index is 0.124. The average Bonchev–Trinajstić information content (AvgIpc) is 3.20. The van der Waals surface area contributed by atoms with Crippen molar-refractivity contribution in [2.45, 2.75) is 31.3 Å². The Kier molecular flexibility index (Phi) is 7.44. The molecule has 4 rings (SSSR count). The first-order valence-electron chi connectivity index (χ1n) is 10.9. The number of carbonyl (C=O) groups excluding carboxylic acids is 1. The Balaban J connectivity index is 1.47. The van der Waals surface area contributed by atoms with Crippen LogP contribution in [-0.2, 0) is 17.8 Å². The molecule has 0 bridgehead atoms. The number of ether oxygens (including phenoxy) is 1. The molecule has 1 aliphatic heterocycles. The molecule has 3 aromatic carbocycles. The van der Waals surface area contributed by atoms with Gasteiger partial charge in [-0.1, -0.05) is 54.6 Å². The second-order valence-corrected chi connectivity index (χ2v) is 8.09. The summed E-state index contributed by atoms with van der Waals surface area (Å²) in [5.41, 5.74) is 1.41. The minimum Gasteiger partial charge on any atom is -0.389 e. The molecule has 0 radical (unpaired) electrons. The van der Waals surface area contributed by atoms with Crippen LogP contribution in [0.2, 0.25) is 0 Å². The van der Waals surface area contributed by atoms with Crippen molar-refractivity contribution in [1.29, 1.82) is 0 Å². The first-order valence-corrected chi connectivity index (χ1v) is 10.9. The summed E-state index contributed by atoms with van der Waals surface area (Å²) < 4.78 is 34.5. The van der Waals surface area contributed by atoms with Gasteiger partial charge >= 0.3 is 0 Å². The minimum atomic E-state index is -0.945. The number of rotatable bonds is 8. The maximum atomic E-state index is 14.4. The van der Waals surface area contributed by atoms with Crippen LogP contribution in [0.5, 0.6) is 0 Å². The number of nitrogens with zero attached hydrogens (tertiary/aromatic N) is 1. The summed E-state index contributed by atoms with van der Waals surface area (Å²) in [5.74, 6) is -0.989. The van der Waals surface area contributed by atoms with Gasteiger partial charge in [-0.2, -0.15) is 0 Å². The van der Waals surface area contributed by atoms with Gasteiger partial charge in [-0.15, -0.1) is 0 Å². The van der Waals surface area contributed by atoms with Crippen LogP contribution in [0.15, 0.2) is 78.9 Å². The molecule has 1 saturated heterocycles. The highest BCUT2D eigenvalue weighted by Gasteiger charge is 2.39. The molecule has 1 aliphatic rings. The van der Waals surface area contributed by atoms with Crippen LogP contribution < -0.4 is 5.32 Å². The van der Waals surface area contributed by atoms with Crippen molar-refractivity contribution in [2.24, 2.45) is 0 Å². The zero-order chi connectivity index (χ0) is 23.2. The van der Waals surface area contributed by atoms with Gasteiger partial charge in [0.05, 0.1) is 18.8 Å². The number of benzene rings is 3. The topological polar surface area (TPSA) is 61.8 Å². The van der Waals surface area contributed by atoms with Crippen LogP contribution in [0.25, 0.3) is 0 Å². The SMILES string of the molecule is O=C(NC[C@H]1OC[C@@H](N(Cc2ccccc2F)Cc2ccccc2F)[C@@H]1O)c1ccccc1. The Morgan fingerprint density at radius 2 is 1.45 bits per heavy atom. The maximum absolute atomic E-state index is 14.4. The fourth-order valence-corrected chi connectivity index (χ4v) is 4.03. The van der Waals surface area contributed by atoms with E-state index in [2.05, 4.69) is 5.32 Å². The second-order valence-electron chi connectivity index (χ2n) is 8.09. The molecule has 0 saturated carbocycles. The Hall–Kier alpha value is -3.13. The summed E-state index contributed by atoms with van der Waals surface area (Å²) in [7, 11) is 0. The third-order valence-corrected chi connectivity index (χ3v) is 5.89. The van der Waals surface area contributed by atoms with Crippen molar-refractivity contribution in [3.8, 4) is 0 Å². The summed E-state index contributed by atoms with van der Waals surface area (Å²) in [6.07, 6.45) is -1.58. The molecule has 0 spiro atoms. The molecule has 1 heterocycles. The van der Waals surface area contributed by atoms with Crippen molar-refractivity contribution in [3.63, 3.8) is 0 Å². The van der Waals surface area contributed by atoms with E-state index in [0.29, 0.717) is 16.7 Å². The number of hydrogen-bond donors (Lipinski definition) is 2. The van der Waals surface area contributed by atoms with Crippen molar-refractivity contribution in [3.05, 3.63) is 107 Å². The van der Waals surface area contributed by atoms with Gasteiger partial charge in [-0.25, -0.2) is 8.78 Å². The zero-order valence-corrected chi connectivity index (χ0v) is 18.0. The van der Waals surface area contributed by atoms with E-state index in [-0.39, 0.29) is 43.8 Å². The van der Waals surface area contributed by atoms with Crippen molar-refractivity contribution < 1.29 is 23.4 Å². The molecule has 3 aromatic rings. The van der Waals surface area contributed by atoms with Crippen LogP contribution in [-0.4, -0.2) is 47.3 Å². The summed E-state index contributed by atoms with van der Waals surface area (Å²) in [5, 5.41) is 13.8. The van der Waals surface area contributed by atoms with Gasteiger partial charge in [0, 0.05) is 36.3 Å². The molecule has 172 valence electrons.